The van der Waals surface area contributed by atoms with Crippen molar-refractivity contribution in [1.29, 1.82) is 0 Å². The van der Waals surface area contributed by atoms with Crippen LogP contribution in [0, 0.1) is 0 Å². The van der Waals surface area contributed by atoms with Crippen LogP contribution in [0.1, 0.15) is 25.5 Å². The number of rotatable bonds is 4. The Hall–Kier alpha value is -0.970. The van der Waals surface area contributed by atoms with Crippen LogP contribution in [0.3, 0.4) is 0 Å². The van der Waals surface area contributed by atoms with Gasteiger partial charge in [-0.15, -0.1) is 12.4 Å². The van der Waals surface area contributed by atoms with Crippen molar-refractivity contribution in [2.24, 2.45) is 5.73 Å². The predicted molar refractivity (Wildman–Crippen MR) is 65.1 cm³/mol. The standard InChI is InChI=1S/C11H17NO3.ClH/c1-3-15-10-6-8(4-5-9(10)14)11(12)7(2)13;/h4-7,11,13-14H,3,12H2,1-2H3;1H/t7-,11-;/m1./s1. The number of ether oxygens (including phenoxy) is 1. The third-order valence-corrected chi connectivity index (χ3v) is 2.19. The number of aliphatic hydroxyl groups is 1. The van der Waals surface area contributed by atoms with Gasteiger partial charge in [0.05, 0.1) is 18.8 Å². The van der Waals surface area contributed by atoms with Gasteiger partial charge in [0.15, 0.2) is 11.5 Å². The highest BCUT2D eigenvalue weighted by atomic mass is 35.5. The van der Waals surface area contributed by atoms with E-state index < -0.39 is 12.1 Å². The van der Waals surface area contributed by atoms with E-state index in [-0.39, 0.29) is 18.2 Å². The maximum atomic E-state index is 9.46. The molecule has 0 saturated heterocycles. The van der Waals surface area contributed by atoms with Crippen LogP contribution in [0.25, 0.3) is 0 Å². The van der Waals surface area contributed by atoms with Gasteiger partial charge in [0, 0.05) is 0 Å². The molecule has 5 heteroatoms. The number of phenolic OH excluding ortho intramolecular Hbond substituents is 1. The number of halogens is 1. The van der Waals surface area contributed by atoms with Crippen LogP contribution < -0.4 is 10.5 Å². The maximum Gasteiger partial charge on any atom is 0.161 e. The second-order valence-electron chi connectivity index (χ2n) is 3.43. The number of hydrogen-bond acceptors (Lipinski definition) is 4. The third-order valence-electron chi connectivity index (χ3n) is 2.19. The van der Waals surface area contributed by atoms with E-state index in [1.54, 1.807) is 19.1 Å². The molecule has 0 saturated carbocycles. The van der Waals surface area contributed by atoms with E-state index >= 15 is 0 Å². The molecule has 2 atom stereocenters. The van der Waals surface area contributed by atoms with E-state index in [0.717, 1.165) is 5.56 Å². The Morgan fingerprint density at radius 2 is 2.06 bits per heavy atom. The molecule has 0 heterocycles. The second-order valence-corrected chi connectivity index (χ2v) is 3.43. The first-order valence-corrected chi connectivity index (χ1v) is 4.95. The van der Waals surface area contributed by atoms with E-state index in [2.05, 4.69) is 0 Å². The molecule has 0 fully saturated rings. The third kappa shape index (κ3) is 3.56. The van der Waals surface area contributed by atoms with Crippen LogP contribution in [0.5, 0.6) is 11.5 Å². The van der Waals surface area contributed by atoms with Crippen molar-refractivity contribution in [2.45, 2.75) is 26.0 Å². The van der Waals surface area contributed by atoms with Crippen molar-refractivity contribution in [3.63, 3.8) is 0 Å². The van der Waals surface area contributed by atoms with Gasteiger partial charge in [-0.2, -0.15) is 0 Å². The molecule has 1 aromatic carbocycles. The molecule has 0 aliphatic carbocycles. The van der Waals surface area contributed by atoms with Crippen molar-refractivity contribution in [2.75, 3.05) is 6.61 Å². The first kappa shape index (κ1) is 15.0. The van der Waals surface area contributed by atoms with Crippen molar-refractivity contribution < 1.29 is 14.9 Å². The Bertz CT molecular complexity index is 331. The molecule has 0 bridgehead atoms. The monoisotopic (exact) mass is 247 g/mol. The normalized spacial score (nSPS) is 13.8. The summed E-state index contributed by atoms with van der Waals surface area (Å²) in [5, 5.41) is 18.8. The number of phenols is 1. The molecule has 0 amide bonds. The van der Waals surface area contributed by atoms with Gasteiger partial charge in [-0.25, -0.2) is 0 Å². The molecule has 1 rings (SSSR count). The summed E-state index contributed by atoms with van der Waals surface area (Å²) in [6.45, 7) is 3.93. The van der Waals surface area contributed by atoms with Gasteiger partial charge in [-0.05, 0) is 31.5 Å². The van der Waals surface area contributed by atoms with Crippen molar-refractivity contribution >= 4 is 12.4 Å². The minimum Gasteiger partial charge on any atom is -0.504 e. The Morgan fingerprint density at radius 1 is 1.44 bits per heavy atom. The fourth-order valence-corrected chi connectivity index (χ4v) is 1.29. The minimum absolute atomic E-state index is 0. The Morgan fingerprint density at radius 3 is 2.56 bits per heavy atom. The van der Waals surface area contributed by atoms with Crippen LogP contribution in [-0.2, 0) is 0 Å². The molecular formula is C11H18ClNO3. The lowest BCUT2D eigenvalue weighted by Crippen LogP contribution is -2.23. The summed E-state index contributed by atoms with van der Waals surface area (Å²) in [6, 6.07) is 4.37. The lowest BCUT2D eigenvalue weighted by Gasteiger charge is -2.16. The molecular weight excluding hydrogens is 230 g/mol. The molecule has 0 radical (unpaired) electrons. The zero-order valence-corrected chi connectivity index (χ0v) is 10.2. The van der Waals surface area contributed by atoms with Crippen molar-refractivity contribution in [1.82, 2.24) is 0 Å². The van der Waals surface area contributed by atoms with Gasteiger partial charge in [0.25, 0.3) is 0 Å². The zero-order chi connectivity index (χ0) is 11.4. The molecule has 0 aromatic heterocycles. The summed E-state index contributed by atoms with van der Waals surface area (Å²) in [4.78, 5) is 0. The molecule has 92 valence electrons. The highest BCUT2D eigenvalue weighted by Gasteiger charge is 2.14. The first-order valence-electron chi connectivity index (χ1n) is 4.95. The lowest BCUT2D eigenvalue weighted by atomic mass is 10.0. The van der Waals surface area contributed by atoms with E-state index in [0.29, 0.717) is 12.4 Å². The molecule has 0 unspecified atom stereocenters. The number of hydrogen-bond donors (Lipinski definition) is 3. The van der Waals surface area contributed by atoms with Crippen LogP contribution in [-0.4, -0.2) is 22.9 Å². The largest absolute Gasteiger partial charge is 0.504 e. The number of aromatic hydroxyl groups is 1. The molecule has 4 N–H and O–H groups in total. The topological polar surface area (TPSA) is 75.7 Å². The molecule has 16 heavy (non-hydrogen) atoms. The summed E-state index contributed by atoms with van der Waals surface area (Å²) in [7, 11) is 0. The summed E-state index contributed by atoms with van der Waals surface area (Å²) >= 11 is 0. The molecule has 0 aliphatic rings. The van der Waals surface area contributed by atoms with E-state index in [1.165, 1.54) is 6.07 Å². The minimum atomic E-state index is -0.635. The Labute approximate surface area is 101 Å². The van der Waals surface area contributed by atoms with E-state index in [4.69, 9.17) is 10.5 Å². The fraction of sp³-hybridized carbons (Fsp3) is 0.455. The Balaban J connectivity index is 0.00000225. The van der Waals surface area contributed by atoms with Crippen LogP contribution >= 0.6 is 12.4 Å². The van der Waals surface area contributed by atoms with Gasteiger partial charge < -0.3 is 20.7 Å². The summed E-state index contributed by atoms with van der Waals surface area (Å²) in [6.07, 6.45) is -0.635. The summed E-state index contributed by atoms with van der Waals surface area (Å²) in [5.74, 6) is 0.476. The number of benzene rings is 1. The smallest absolute Gasteiger partial charge is 0.161 e. The molecule has 1 aromatic rings. The second kappa shape index (κ2) is 6.58. The number of nitrogens with two attached hydrogens (primary N) is 1. The fourth-order valence-electron chi connectivity index (χ4n) is 1.29. The first-order chi connectivity index (χ1) is 7.06. The number of aliphatic hydroxyl groups excluding tert-OH is 1. The SMILES string of the molecule is CCOc1cc([C@H](N)[C@@H](C)O)ccc1O.Cl. The van der Waals surface area contributed by atoms with Gasteiger partial charge in [0.2, 0.25) is 0 Å². The van der Waals surface area contributed by atoms with Gasteiger partial charge >= 0.3 is 0 Å². The molecule has 4 nitrogen and oxygen atoms in total. The van der Waals surface area contributed by atoms with Gasteiger partial charge in [-0.3, -0.25) is 0 Å². The average molecular weight is 248 g/mol. The lowest BCUT2D eigenvalue weighted by molar-refractivity contribution is 0.164. The van der Waals surface area contributed by atoms with E-state index in [1.807, 2.05) is 6.92 Å². The highest BCUT2D eigenvalue weighted by Crippen LogP contribution is 2.29. The van der Waals surface area contributed by atoms with Crippen LogP contribution in [0.4, 0.5) is 0 Å². The van der Waals surface area contributed by atoms with Gasteiger partial charge in [-0.1, -0.05) is 6.07 Å². The van der Waals surface area contributed by atoms with Crippen LogP contribution in [0.2, 0.25) is 0 Å². The average Bonchev–Trinajstić information content (AvgIpc) is 2.20. The maximum absolute atomic E-state index is 9.46. The zero-order valence-electron chi connectivity index (χ0n) is 9.38. The van der Waals surface area contributed by atoms with Crippen molar-refractivity contribution in [3.8, 4) is 11.5 Å². The van der Waals surface area contributed by atoms with Crippen molar-refractivity contribution in [3.05, 3.63) is 23.8 Å². The quantitative estimate of drug-likeness (QED) is 0.755. The Kier molecular flexibility index (Phi) is 6.18. The van der Waals surface area contributed by atoms with Crippen LogP contribution in [0.15, 0.2) is 18.2 Å². The van der Waals surface area contributed by atoms with E-state index in [9.17, 15) is 10.2 Å². The predicted octanol–water partition coefficient (Wildman–Crippen LogP) is 1.59. The summed E-state index contributed by atoms with van der Waals surface area (Å²) < 4.78 is 5.22. The molecule has 0 aliphatic heterocycles. The van der Waals surface area contributed by atoms with Gasteiger partial charge in [0.1, 0.15) is 0 Å². The highest BCUT2D eigenvalue weighted by molar-refractivity contribution is 5.85. The molecule has 0 spiro atoms. The summed E-state index contributed by atoms with van der Waals surface area (Å²) in [5.41, 5.74) is 6.51.